The van der Waals surface area contributed by atoms with Crippen molar-refractivity contribution in [3.8, 4) is 0 Å². The fraction of sp³-hybridized carbons (Fsp3) is 0.684. The summed E-state index contributed by atoms with van der Waals surface area (Å²) in [5.74, 6) is 0.0925. The number of nitrogens with two attached hydrogens (primary N) is 1. The molecule has 0 aromatic carbocycles. The van der Waals surface area contributed by atoms with Crippen LogP contribution >= 0.6 is 11.3 Å². The highest BCUT2D eigenvalue weighted by atomic mass is 32.1. The SMILES string of the molecule is CCCc1sc(C(=O)N2CCCCC2CNC(=O)CCN)cc1CC. The predicted octanol–water partition coefficient (Wildman–Crippen LogP) is 2.72. The second-order valence-corrected chi connectivity index (χ2v) is 7.79. The maximum Gasteiger partial charge on any atom is 0.264 e. The maximum absolute atomic E-state index is 13.1. The van der Waals surface area contributed by atoms with Gasteiger partial charge >= 0.3 is 0 Å². The minimum absolute atomic E-state index is 0.0323. The van der Waals surface area contributed by atoms with Gasteiger partial charge in [-0.1, -0.05) is 20.3 Å². The van der Waals surface area contributed by atoms with Crippen molar-refractivity contribution in [2.24, 2.45) is 5.73 Å². The van der Waals surface area contributed by atoms with Gasteiger partial charge in [-0.05, 0) is 43.7 Å². The first kappa shape index (κ1) is 19.9. The van der Waals surface area contributed by atoms with E-state index < -0.39 is 0 Å². The van der Waals surface area contributed by atoms with Crippen molar-refractivity contribution in [2.75, 3.05) is 19.6 Å². The fourth-order valence-electron chi connectivity index (χ4n) is 3.38. The molecular formula is C19H31N3O2S. The molecular weight excluding hydrogens is 334 g/mol. The van der Waals surface area contributed by atoms with E-state index in [-0.39, 0.29) is 17.9 Å². The molecule has 2 amide bonds. The molecule has 1 saturated heterocycles. The molecule has 0 aliphatic carbocycles. The second kappa shape index (κ2) is 9.92. The van der Waals surface area contributed by atoms with Crippen LogP contribution in [0.25, 0.3) is 0 Å². The number of aryl methyl sites for hydroxylation is 2. The lowest BCUT2D eigenvalue weighted by atomic mass is 10.0. The Hall–Kier alpha value is -1.40. The van der Waals surface area contributed by atoms with Crippen molar-refractivity contribution < 1.29 is 9.59 Å². The van der Waals surface area contributed by atoms with Crippen molar-refractivity contribution in [3.05, 3.63) is 21.4 Å². The van der Waals surface area contributed by atoms with Gasteiger partial charge in [0.15, 0.2) is 0 Å². The van der Waals surface area contributed by atoms with E-state index in [9.17, 15) is 9.59 Å². The van der Waals surface area contributed by atoms with Crippen LogP contribution in [0, 0.1) is 0 Å². The number of likely N-dealkylation sites (tertiary alicyclic amines) is 1. The van der Waals surface area contributed by atoms with Crippen LogP contribution in [0.3, 0.4) is 0 Å². The minimum atomic E-state index is -0.0323. The largest absolute Gasteiger partial charge is 0.354 e. The Morgan fingerprint density at radius 2 is 2.16 bits per heavy atom. The average Bonchev–Trinajstić information content (AvgIpc) is 3.03. The average molecular weight is 366 g/mol. The van der Waals surface area contributed by atoms with Crippen LogP contribution in [-0.4, -0.2) is 42.4 Å². The number of nitrogens with zero attached hydrogens (tertiary/aromatic N) is 1. The number of piperidine rings is 1. The zero-order chi connectivity index (χ0) is 18.2. The first-order valence-corrected chi connectivity index (χ1v) is 10.3. The molecule has 1 atom stereocenters. The molecule has 1 unspecified atom stereocenters. The number of carbonyl (C=O) groups excluding carboxylic acids is 2. The van der Waals surface area contributed by atoms with E-state index in [1.54, 1.807) is 11.3 Å². The van der Waals surface area contributed by atoms with E-state index in [2.05, 4.69) is 25.2 Å². The van der Waals surface area contributed by atoms with Crippen LogP contribution in [0.15, 0.2) is 6.07 Å². The summed E-state index contributed by atoms with van der Waals surface area (Å²) in [6, 6.07) is 2.17. The third-order valence-corrected chi connectivity index (χ3v) is 5.98. The van der Waals surface area contributed by atoms with Crippen molar-refractivity contribution in [1.29, 1.82) is 0 Å². The van der Waals surface area contributed by atoms with E-state index in [4.69, 9.17) is 5.73 Å². The van der Waals surface area contributed by atoms with Crippen LogP contribution in [0.4, 0.5) is 0 Å². The molecule has 1 aliphatic heterocycles. The van der Waals surface area contributed by atoms with Crippen molar-refractivity contribution in [3.63, 3.8) is 0 Å². The Morgan fingerprint density at radius 3 is 2.84 bits per heavy atom. The Labute approximate surface area is 155 Å². The molecule has 25 heavy (non-hydrogen) atoms. The number of nitrogens with one attached hydrogen (secondary N) is 1. The van der Waals surface area contributed by atoms with Crippen LogP contribution < -0.4 is 11.1 Å². The fourth-order valence-corrected chi connectivity index (χ4v) is 4.69. The van der Waals surface area contributed by atoms with Crippen LogP contribution in [0.5, 0.6) is 0 Å². The van der Waals surface area contributed by atoms with Gasteiger partial charge in [0, 0.05) is 37.0 Å². The van der Waals surface area contributed by atoms with E-state index >= 15 is 0 Å². The number of rotatable bonds is 8. The van der Waals surface area contributed by atoms with Gasteiger partial charge in [-0.15, -0.1) is 11.3 Å². The summed E-state index contributed by atoms with van der Waals surface area (Å²) in [4.78, 5) is 28.9. The van der Waals surface area contributed by atoms with Crippen molar-refractivity contribution in [1.82, 2.24) is 10.2 Å². The molecule has 2 heterocycles. The molecule has 5 nitrogen and oxygen atoms in total. The van der Waals surface area contributed by atoms with E-state index in [0.29, 0.717) is 19.5 Å². The third kappa shape index (κ3) is 5.28. The molecule has 3 N–H and O–H groups in total. The molecule has 1 fully saturated rings. The van der Waals surface area contributed by atoms with E-state index in [0.717, 1.165) is 49.9 Å². The lowest BCUT2D eigenvalue weighted by Gasteiger charge is -2.35. The summed E-state index contributed by atoms with van der Waals surface area (Å²) < 4.78 is 0. The third-order valence-electron chi connectivity index (χ3n) is 4.76. The summed E-state index contributed by atoms with van der Waals surface area (Å²) in [5, 5.41) is 2.93. The summed E-state index contributed by atoms with van der Waals surface area (Å²) in [5.41, 5.74) is 6.73. The van der Waals surface area contributed by atoms with Gasteiger partial charge in [0.25, 0.3) is 5.91 Å². The number of thiophene rings is 1. The van der Waals surface area contributed by atoms with Crippen LogP contribution in [0.2, 0.25) is 0 Å². The zero-order valence-electron chi connectivity index (χ0n) is 15.5. The summed E-state index contributed by atoms with van der Waals surface area (Å²) in [7, 11) is 0. The first-order valence-electron chi connectivity index (χ1n) is 9.50. The summed E-state index contributed by atoms with van der Waals surface area (Å²) in [6.07, 6.45) is 6.53. The van der Waals surface area contributed by atoms with Gasteiger partial charge in [-0.25, -0.2) is 0 Å². The van der Waals surface area contributed by atoms with Gasteiger partial charge in [0.05, 0.1) is 4.88 Å². The highest BCUT2D eigenvalue weighted by molar-refractivity contribution is 7.14. The molecule has 0 saturated carbocycles. The molecule has 1 aliphatic rings. The van der Waals surface area contributed by atoms with E-state index in [1.807, 2.05) is 4.90 Å². The monoisotopic (exact) mass is 365 g/mol. The topological polar surface area (TPSA) is 75.4 Å². The number of carbonyl (C=O) groups is 2. The molecule has 140 valence electrons. The van der Waals surface area contributed by atoms with Gasteiger partial charge in [0.1, 0.15) is 0 Å². The van der Waals surface area contributed by atoms with Crippen LogP contribution in [-0.2, 0) is 17.6 Å². The summed E-state index contributed by atoms with van der Waals surface area (Å²) >= 11 is 1.65. The number of amides is 2. The molecule has 6 heteroatoms. The van der Waals surface area contributed by atoms with Gasteiger partial charge in [-0.2, -0.15) is 0 Å². The quantitative estimate of drug-likeness (QED) is 0.744. The Kier molecular flexibility index (Phi) is 7.90. The van der Waals surface area contributed by atoms with E-state index in [1.165, 1.54) is 10.4 Å². The highest BCUT2D eigenvalue weighted by Crippen LogP contribution is 2.28. The Morgan fingerprint density at radius 1 is 1.36 bits per heavy atom. The number of hydrogen-bond donors (Lipinski definition) is 2. The van der Waals surface area contributed by atoms with Crippen LogP contribution in [0.1, 0.15) is 66.1 Å². The van der Waals surface area contributed by atoms with Gasteiger partial charge in [-0.3, -0.25) is 9.59 Å². The molecule has 0 radical (unpaired) electrons. The van der Waals surface area contributed by atoms with Crippen molar-refractivity contribution >= 4 is 23.2 Å². The summed E-state index contributed by atoms with van der Waals surface area (Å²) in [6.45, 7) is 5.98. The standard InChI is InChI=1S/C19H31N3O2S/c1-3-7-16-14(4-2)12-17(25-16)19(24)22-11-6-5-8-15(22)13-21-18(23)9-10-20/h12,15H,3-11,13,20H2,1-2H3,(H,21,23). The lowest BCUT2D eigenvalue weighted by molar-refractivity contribution is -0.121. The molecule has 0 spiro atoms. The maximum atomic E-state index is 13.1. The normalized spacial score (nSPS) is 17.6. The van der Waals surface area contributed by atoms with Crippen molar-refractivity contribution in [2.45, 2.75) is 64.8 Å². The van der Waals surface area contributed by atoms with Gasteiger partial charge < -0.3 is 16.0 Å². The van der Waals surface area contributed by atoms with Gasteiger partial charge in [0.2, 0.25) is 5.91 Å². The Balaban J connectivity index is 2.08. The first-order chi connectivity index (χ1) is 12.1. The lowest BCUT2D eigenvalue weighted by Crippen LogP contribution is -2.49. The smallest absolute Gasteiger partial charge is 0.264 e. The minimum Gasteiger partial charge on any atom is -0.354 e. The highest BCUT2D eigenvalue weighted by Gasteiger charge is 2.29. The second-order valence-electron chi connectivity index (χ2n) is 6.65. The predicted molar refractivity (Wildman–Crippen MR) is 103 cm³/mol. The molecule has 0 bridgehead atoms. The molecule has 2 rings (SSSR count). The molecule has 1 aromatic heterocycles. The zero-order valence-corrected chi connectivity index (χ0v) is 16.3. The Bertz CT molecular complexity index is 585. The number of hydrogen-bond acceptors (Lipinski definition) is 4. The molecule has 1 aromatic rings.